The number of carbonyl (C=O) groups excluding carboxylic acids is 1. The number of aromatic nitrogens is 3. The number of hydrogen-bond donors (Lipinski definition) is 1. The van der Waals surface area contributed by atoms with Crippen LogP contribution in [0.2, 0.25) is 0 Å². The second-order valence-corrected chi connectivity index (χ2v) is 8.43. The minimum Gasteiger partial charge on any atom is -0.305 e. The largest absolute Gasteiger partial charge is 0.305 e. The molecule has 3 rings (SSSR count). The average Bonchev–Trinajstić information content (AvgIpc) is 3.09. The molecule has 26 heavy (non-hydrogen) atoms. The molecular weight excluding hydrogens is 354 g/mol. The van der Waals surface area contributed by atoms with Crippen molar-refractivity contribution in [3.05, 3.63) is 41.9 Å². The van der Waals surface area contributed by atoms with Crippen LogP contribution >= 0.6 is 0 Å². The smallest absolute Gasteiger partial charge is 0.258 e. The van der Waals surface area contributed by atoms with Crippen molar-refractivity contribution >= 4 is 21.7 Å². The highest BCUT2D eigenvalue weighted by Crippen LogP contribution is 2.26. The number of hydrogen-bond acceptors (Lipinski definition) is 5. The van der Waals surface area contributed by atoms with Crippen molar-refractivity contribution in [3.63, 3.8) is 0 Å². The molecule has 0 aliphatic carbocycles. The maximum atomic E-state index is 12.3. The maximum absolute atomic E-state index is 12.3. The zero-order valence-corrected chi connectivity index (χ0v) is 15.7. The molecule has 2 aromatic rings. The lowest BCUT2D eigenvalue weighted by Crippen LogP contribution is -2.38. The molecule has 1 aliphatic heterocycles. The van der Waals surface area contributed by atoms with Crippen molar-refractivity contribution in [1.82, 2.24) is 19.1 Å². The topological polar surface area (TPSA) is 97.2 Å². The molecule has 0 saturated carbocycles. The third-order valence-corrected chi connectivity index (χ3v) is 5.80. The van der Waals surface area contributed by atoms with Gasteiger partial charge in [-0.3, -0.25) is 14.5 Å². The first kappa shape index (κ1) is 18.5. The first-order valence-electron chi connectivity index (χ1n) is 8.62. The van der Waals surface area contributed by atoms with E-state index >= 15 is 0 Å². The van der Waals surface area contributed by atoms with Gasteiger partial charge in [-0.1, -0.05) is 0 Å². The van der Waals surface area contributed by atoms with Crippen LogP contribution in [0.3, 0.4) is 0 Å². The number of carbonyl (C=O) groups is 1. The van der Waals surface area contributed by atoms with E-state index in [1.165, 1.54) is 16.8 Å². The molecule has 1 N–H and O–H groups in total. The average molecular weight is 377 g/mol. The number of pyridine rings is 1. The predicted molar refractivity (Wildman–Crippen MR) is 98.5 cm³/mol. The lowest BCUT2D eigenvalue weighted by atomic mass is 9.95. The highest BCUT2D eigenvalue weighted by molar-refractivity contribution is 7.88. The van der Waals surface area contributed by atoms with E-state index < -0.39 is 10.0 Å². The Morgan fingerprint density at radius 2 is 2.15 bits per heavy atom. The van der Waals surface area contributed by atoms with Crippen molar-refractivity contribution in [2.45, 2.75) is 32.2 Å². The van der Waals surface area contributed by atoms with Crippen molar-refractivity contribution in [3.8, 4) is 0 Å². The summed E-state index contributed by atoms with van der Waals surface area (Å²) in [5.41, 5.74) is 1.25. The first-order chi connectivity index (χ1) is 12.4. The van der Waals surface area contributed by atoms with Crippen molar-refractivity contribution in [2.24, 2.45) is 0 Å². The van der Waals surface area contributed by atoms with E-state index in [4.69, 9.17) is 0 Å². The van der Waals surface area contributed by atoms with Crippen molar-refractivity contribution in [2.75, 3.05) is 24.7 Å². The van der Waals surface area contributed by atoms with Gasteiger partial charge in [0.15, 0.2) is 5.82 Å². The second kappa shape index (κ2) is 7.55. The van der Waals surface area contributed by atoms with Crippen molar-refractivity contribution < 1.29 is 13.2 Å². The molecule has 0 aromatic carbocycles. The van der Waals surface area contributed by atoms with Crippen LogP contribution in [0.1, 0.15) is 41.7 Å². The highest BCUT2D eigenvalue weighted by Gasteiger charge is 2.27. The van der Waals surface area contributed by atoms with Gasteiger partial charge in [-0.05, 0) is 31.9 Å². The molecule has 0 spiro atoms. The Bertz CT molecular complexity index is 876. The molecular formula is C17H23N5O3S. The van der Waals surface area contributed by atoms with Crippen LogP contribution in [0.4, 0.5) is 5.82 Å². The highest BCUT2D eigenvalue weighted by atomic mass is 32.2. The standard InChI is InChI=1S/C17H23N5O3S/c1-3-21-10-8-16(20-21)19-17(23)13-6-7-15(18-11-13)14-5-4-9-22(12-14)26(2,24)25/h6-8,10-11,14H,3-5,9,12H2,1-2H3,(H,19,20,23)/t14-/m0/s1. The minimum atomic E-state index is -3.19. The molecule has 140 valence electrons. The van der Waals surface area contributed by atoms with E-state index in [1.807, 2.05) is 6.92 Å². The number of anilines is 1. The van der Waals surface area contributed by atoms with Gasteiger partial charge in [0.2, 0.25) is 10.0 Å². The molecule has 0 bridgehead atoms. The molecule has 1 saturated heterocycles. The second-order valence-electron chi connectivity index (χ2n) is 6.44. The van der Waals surface area contributed by atoms with E-state index in [-0.39, 0.29) is 11.8 Å². The van der Waals surface area contributed by atoms with Gasteiger partial charge < -0.3 is 5.32 Å². The number of amides is 1. The fourth-order valence-corrected chi connectivity index (χ4v) is 3.97. The van der Waals surface area contributed by atoms with Gasteiger partial charge in [0.1, 0.15) is 0 Å². The quantitative estimate of drug-likeness (QED) is 0.855. The summed E-state index contributed by atoms with van der Waals surface area (Å²) in [6.07, 6.45) is 6.26. The van der Waals surface area contributed by atoms with E-state index in [2.05, 4.69) is 15.4 Å². The molecule has 8 nitrogen and oxygen atoms in total. The summed E-state index contributed by atoms with van der Waals surface area (Å²) < 4.78 is 26.7. The lowest BCUT2D eigenvalue weighted by molar-refractivity contribution is 0.102. The zero-order valence-electron chi connectivity index (χ0n) is 14.9. The Morgan fingerprint density at radius 3 is 2.77 bits per heavy atom. The lowest BCUT2D eigenvalue weighted by Gasteiger charge is -2.30. The Hall–Kier alpha value is -2.26. The summed E-state index contributed by atoms with van der Waals surface area (Å²) in [7, 11) is -3.19. The third-order valence-electron chi connectivity index (χ3n) is 4.53. The van der Waals surface area contributed by atoms with Crippen LogP contribution < -0.4 is 5.32 Å². The SMILES string of the molecule is CCn1ccc(NC(=O)c2ccc([C@H]3CCCN(S(C)(=O)=O)C3)nc2)n1. The molecule has 1 aliphatic rings. The first-order valence-corrected chi connectivity index (χ1v) is 10.5. The summed E-state index contributed by atoms with van der Waals surface area (Å²) in [5, 5.41) is 6.96. The summed E-state index contributed by atoms with van der Waals surface area (Å²) in [6.45, 7) is 3.70. The van der Waals surface area contributed by atoms with Gasteiger partial charge >= 0.3 is 0 Å². The molecule has 3 heterocycles. The van der Waals surface area contributed by atoms with Crippen LogP contribution in [0.5, 0.6) is 0 Å². The van der Waals surface area contributed by atoms with E-state index in [9.17, 15) is 13.2 Å². The summed E-state index contributed by atoms with van der Waals surface area (Å²) in [4.78, 5) is 16.7. The van der Waals surface area contributed by atoms with Gasteiger partial charge in [-0.15, -0.1) is 0 Å². The third kappa shape index (κ3) is 4.28. The molecule has 1 fully saturated rings. The molecule has 2 aromatic heterocycles. The van der Waals surface area contributed by atoms with Gasteiger partial charge in [0.05, 0.1) is 11.8 Å². The van der Waals surface area contributed by atoms with E-state index in [0.717, 1.165) is 25.1 Å². The van der Waals surface area contributed by atoms with Crippen LogP contribution in [0.15, 0.2) is 30.6 Å². The summed E-state index contributed by atoms with van der Waals surface area (Å²) >= 11 is 0. The predicted octanol–water partition coefficient (Wildman–Crippen LogP) is 1.69. The molecule has 9 heteroatoms. The fourth-order valence-electron chi connectivity index (χ4n) is 3.06. The van der Waals surface area contributed by atoms with Crippen LogP contribution in [-0.4, -0.2) is 52.7 Å². The van der Waals surface area contributed by atoms with Crippen LogP contribution in [0.25, 0.3) is 0 Å². The number of sulfonamides is 1. The van der Waals surface area contributed by atoms with Crippen LogP contribution in [-0.2, 0) is 16.6 Å². The maximum Gasteiger partial charge on any atom is 0.258 e. The van der Waals surface area contributed by atoms with Gasteiger partial charge in [-0.25, -0.2) is 12.7 Å². The van der Waals surface area contributed by atoms with Gasteiger partial charge in [0, 0.05) is 49.7 Å². The number of piperidine rings is 1. The van der Waals surface area contributed by atoms with Crippen molar-refractivity contribution in [1.29, 1.82) is 0 Å². The Kier molecular flexibility index (Phi) is 5.38. The fraction of sp³-hybridized carbons (Fsp3) is 0.471. The zero-order chi connectivity index (χ0) is 18.7. The Morgan fingerprint density at radius 1 is 1.35 bits per heavy atom. The van der Waals surface area contributed by atoms with Gasteiger partial charge in [0.25, 0.3) is 5.91 Å². The monoisotopic (exact) mass is 377 g/mol. The normalized spacial score (nSPS) is 18.6. The Balaban J connectivity index is 1.67. The molecule has 0 unspecified atom stereocenters. The van der Waals surface area contributed by atoms with Gasteiger partial charge in [-0.2, -0.15) is 5.10 Å². The molecule has 1 atom stereocenters. The number of nitrogens with zero attached hydrogens (tertiary/aromatic N) is 4. The summed E-state index contributed by atoms with van der Waals surface area (Å²) in [5.74, 6) is 0.277. The summed E-state index contributed by atoms with van der Waals surface area (Å²) in [6, 6.07) is 5.26. The number of nitrogens with one attached hydrogen (secondary N) is 1. The van der Waals surface area contributed by atoms with E-state index in [0.29, 0.717) is 24.5 Å². The number of rotatable bonds is 5. The number of aryl methyl sites for hydroxylation is 1. The molecule has 0 radical (unpaired) electrons. The van der Waals surface area contributed by atoms with E-state index in [1.54, 1.807) is 29.1 Å². The van der Waals surface area contributed by atoms with Crippen LogP contribution in [0, 0.1) is 0 Å². The minimum absolute atomic E-state index is 0.0517. The molecule has 1 amide bonds. The Labute approximate surface area is 153 Å².